The molecule has 0 amide bonds. The standard InChI is InChI=1S/C10H19N3O7/c1-13(10(11)12)2-5(14)19-3-4-6(15)7(16)8(17)9(18)20-4/h4,6-9,15-18H,2-3H2,1H3,(H3,11,12)/t4-,6-,7+,8-,9-/m1/s1. The number of aliphatic hydroxyl groups excluding tert-OH is 4. The Morgan fingerprint density at radius 3 is 2.45 bits per heavy atom. The smallest absolute Gasteiger partial charge is 0.325 e. The van der Waals surface area contributed by atoms with Gasteiger partial charge in [-0.15, -0.1) is 0 Å². The molecule has 0 bridgehead atoms. The fraction of sp³-hybridized carbons (Fsp3) is 0.800. The Bertz CT molecular complexity index is 367. The number of rotatable bonds is 4. The van der Waals surface area contributed by atoms with Gasteiger partial charge in [-0.05, 0) is 0 Å². The summed E-state index contributed by atoms with van der Waals surface area (Å²) in [6, 6.07) is 0. The molecule has 0 saturated carbocycles. The van der Waals surface area contributed by atoms with Gasteiger partial charge < -0.3 is 40.5 Å². The molecule has 0 aromatic heterocycles. The van der Waals surface area contributed by atoms with Gasteiger partial charge in [0.1, 0.15) is 37.6 Å². The van der Waals surface area contributed by atoms with Crippen molar-refractivity contribution >= 4 is 11.9 Å². The summed E-state index contributed by atoms with van der Waals surface area (Å²) >= 11 is 0. The minimum absolute atomic E-state index is 0.272. The maximum Gasteiger partial charge on any atom is 0.325 e. The van der Waals surface area contributed by atoms with Crippen molar-refractivity contribution in [3.8, 4) is 0 Å². The molecule has 1 rings (SSSR count). The molecule has 1 aliphatic rings. The molecule has 116 valence electrons. The van der Waals surface area contributed by atoms with Crippen molar-refractivity contribution in [2.24, 2.45) is 5.73 Å². The highest BCUT2D eigenvalue weighted by Crippen LogP contribution is 2.19. The van der Waals surface area contributed by atoms with Gasteiger partial charge in [-0.2, -0.15) is 0 Å². The van der Waals surface area contributed by atoms with Crippen LogP contribution < -0.4 is 5.73 Å². The second kappa shape index (κ2) is 6.81. The number of guanidine groups is 1. The maximum atomic E-state index is 11.4. The number of carbonyl (C=O) groups excluding carboxylic acids is 1. The van der Waals surface area contributed by atoms with Gasteiger partial charge in [-0.25, -0.2) is 0 Å². The van der Waals surface area contributed by atoms with E-state index in [2.05, 4.69) is 0 Å². The first-order chi connectivity index (χ1) is 9.23. The lowest BCUT2D eigenvalue weighted by Gasteiger charge is -2.37. The zero-order valence-corrected chi connectivity index (χ0v) is 10.8. The van der Waals surface area contributed by atoms with Crippen LogP contribution in [0.1, 0.15) is 0 Å². The van der Waals surface area contributed by atoms with Crippen molar-refractivity contribution in [1.82, 2.24) is 4.90 Å². The van der Waals surface area contributed by atoms with Crippen molar-refractivity contribution in [2.75, 3.05) is 20.2 Å². The first-order valence-electron chi connectivity index (χ1n) is 5.82. The lowest BCUT2D eigenvalue weighted by molar-refractivity contribution is -0.287. The first kappa shape index (κ1) is 16.6. The molecular weight excluding hydrogens is 274 g/mol. The number of nitrogens with one attached hydrogen (secondary N) is 1. The van der Waals surface area contributed by atoms with E-state index in [1.165, 1.54) is 7.05 Å². The van der Waals surface area contributed by atoms with E-state index in [0.717, 1.165) is 4.90 Å². The number of nitrogens with zero attached hydrogens (tertiary/aromatic N) is 1. The minimum atomic E-state index is -1.68. The van der Waals surface area contributed by atoms with E-state index in [-0.39, 0.29) is 12.5 Å². The zero-order valence-electron chi connectivity index (χ0n) is 10.8. The molecule has 1 fully saturated rings. The van der Waals surface area contributed by atoms with Gasteiger partial charge in [0.15, 0.2) is 12.2 Å². The van der Waals surface area contributed by atoms with E-state index in [1.54, 1.807) is 0 Å². The van der Waals surface area contributed by atoms with Crippen LogP contribution in [0.25, 0.3) is 0 Å². The highest BCUT2D eigenvalue weighted by atomic mass is 16.6. The van der Waals surface area contributed by atoms with E-state index in [9.17, 15) is 25.2 Å². The average molecular weight is 293 g/mol. The lowest BCUT2D eigenvalue weighted by atomic mass is 9.99. The van der Waals surface area contributed by atoms with E-state index in [0.29, 0.717) is 0 Å². The Balaban J connectivity index is 2.45. The first-order valence-corrected chi connectivity index (χ1v) is 5.82. The summed E-state index contributed by atoms with van der Waals surface area (Å²) in [4.78, 5) is 12.5. The number of likely N-dealkylation sites (N-methyl/N-ethyl adjacent to an activating group) is 1. The van der Waals surface area contributed by atoms with Crippen molar-refractivity contribution in [3.05, 3.63) is 0 Å². The van der Waals surface area contributed by atoms with E-state index >= 15 is 0 Å². The van der Waals surface area contributed by atoms with Crippen LogP contribution in [0.4, 0.5) is 0 Å². The van der Waals surface area contributed by atoms with E-state index < -0.39 is 43.3 Å². The molecule has 0 aromatic carbocycles. The Labute approximate surface area is 114 Å². The van der Waals surface area contributed by atoms with Crippen LogP contribution in [0, 0.1) is 5.41 Å². The number of hydrogen-bond donors (Lipinski definition) is 6. The summed E-state index contributed by atoms with van der Waals surface area (Å²) in [7, 11) is 1.42. The summed E-state index contributed by atoms with van der Waals surface area (Å²) < 4.78 is 9.60. The van der Waals surface area contributed by atoms with E-state index in [1.807, 2.05) is 0 Å². The molecule has 1 aliphatic heterocycles. The maximum absolute atomic E-state index is 11.4. The molecule has 20 heavy (non-hydrogen) atoms. The molecule has 1 saturated heterocycles. The summed E-state index contributed by atoms with van der Waals surface area (Å²) in [5, 5.41) is 44.6. The second-order valence-electron chi connectivity index (χ2n) is 4.46. The molecule has 0 radical (unpaired) electrons. The molecular formula is C10H19N3O7. The fourth-order valence-electron chi connectivity index (χ4n) is 1.57. The van der Waals surface area contributed by atoms with Gasteiger partial charge >= 0.3 is 5.97 Å². The SMILES string of the molecule is CN(CC(=O)OC[C@H]1O[C@@H](O)[C@H](O)[C@@H](O)[C@@H]1O)C(=N)N. The lowest BCUT2D eigenvalue weighted by Crippen LogP contribution is -2.58. The van der Waals surface area contributed by atoms with Crippen molar-refractivity contribution < 1.29 is 34.7 Å². The van der Waals surface area contributed by atoms with Crippen LogP contribution in [0.15, 0.2) is 0 Å². The Hall–Kier alpha value is -1.46. The normalized spacial score (nSPS) is 33.5. The minimum Gasteiger partial charge on any atom is -0.461 e. The van der Waals surface area contributed by atoms with Crippen LogP contribution in [0.3, 0.4) is 0 Å². The molecule has 7 N–H and O–H groups in total. The largest absolute Gasteiger partial charge is 0.461 e. The topological polar surface area (TPSA) is 170 Å². The number of ether oxygens (including phenoxy) is 2. The third kappa shape index (κ3) is 4.02. The van der Waals surface area contributed by atoms with Gasteiger partial charge in [0.05, 0.1) is 0 Å². The third-order valence-corrected chi connectivity index (χ3v) is 2.87. The number of nitrogens with two attached hydrogens (primary N) is 1. The molecule has 0 spiro atoms. The zero-order chi connectivity index (χ0) is 15.4. The Morgan fingerprint density at radius 2 is 1.90 bits per heavy atom. The van der Waals surface area contributed by atoms with Gasteiger partial charge in [0.25, 0.3) is 0 Å². The van der Waals surface area contributed by atoms with Crippen molar-refractivity contribution in [2.45, 2.75) is 30.7 Å². The molecule has 0 aliphatic carbocycles. The van der Waals surface area contributed by atoms with Crippen LogP contribution in [-0.4, -0.2) is 88.2 Å². The number of hydrogen-bond acceptors (Lipinski definition) is 8. The number of aliphatic hydroxyl groups is 4. The van der Waals surface area contributed by atoms with E-state index in [4.69, 9.17) is 20.6 Å². The molecule has 5 atom stereocenters. The second-order valence-corrected chi connectivity index (χ2v) is 4.46. The van der Waals surface area contributed by atoms with Gasteiger partial charge in [0, 0.05) is 7.05 Å². The molecule has 1 heterocycles. The molecule has 0 aromatic rings. The summed E-state index contributed by atoms with van der Waals surface area (Å²) in [6.07, 6.45) is -7.61. The van der Waals surface area contributed by atoms with Gasteiger partial charge in [-0.3, -0.25) is 10.2 Å². The highest BCUT2D eigenvalue weighted by Gasteiger charge is 2.43. The van der Waals surface area contributed by atoms with Crippen LogP contribution in [0.2, 0.25) is 0 Å². The third-order valence-electron chi connectivity index (χ3n) is 2.87. The molecule has 10 heteroatoms. The molecule has 10 nitrogen and oxygen atoms in total. The average Bonchev–Trinajstić information content (AvgIpc) is 2.38. The quantitative estimate of drug-likeness (QED) is 0.172. The molecule has 0 unspecified atom stereocenters. The summed E-state index contributed by atoms with van der Waals surface area (Å²) in [5.41, 5.74) is 5.14. The van der Waals surface area contributed by atoms with Crippen LogP contribution in [0.5, 0.6) is 0 Å². The van der Waals surface area contributed by atoms with Crippen LogP contribution in [-0.2, 0) is 14.3 Å². The number of esters is 1. The summed E-state index contributed by atoms with van der Waals surface area (Å²) in [6.45, 7) is -0.696. The van der Waals surface area contributed by atoms with Crippen molar-refractivity contribution in [1.29, 1.82) is 5.41 Å². The fourth-order valence-corrected chi connectivity index (χ4v) is 1.57. The highest BCUT2D eigenvalue weighted by molar-refractivity contribution is 5.80. The summed E-state index contributed by atoms with van der Waals surface area (Å²) in [5.74, 6) is -1.04. The van der Waals surface area contributed by atoms with Crippen molar-refractivity contribution in [3.63, 3.8) is 0 Å². The van der Waals surface area contributed by atoms with Crippen LogP contribution >= 0.6 is 0 Å². The predicted molar refractivity (Wildman–Crippen MR) is 64.4 cm³/mol. The Kier molecular flexibility index (Phi) is 5.65. The van der Waals surface area contributed by atoms with Gasteiger partial charge in [-0.1, -0.05) is 0 Å². The number of carbonyl (C=O) groups is 1. The monoisotopic (exact) mass is 293 g/mol. The van der Waals surface area contributed by atoms with Gasteiger partial charge in [0.2, 0.25) is 0 Å². The predicted octanol–water partition coefficient (Wildman–Crippen LogP) is -3.85. The Morgan fingerprint density at radius 1 is 1.30 bits per heavy atom.